The summed E-state index contributed by atoms with van der Waals surface area (Å²) in [5.74, 6) is -0.160. The molecule has 1 fully saturated rings. The minimum absolute atomic E-state index is 0.109. The molecule has 166 valence electrons. The van der Waals surface area contributed by atoms with E-state index in [1.807, 2.05) is 19.1 Å². The normalized spacial score (nSPS) is 17.1. The van der Waals surface area contributed by atoms with E-state index in [9.17, 15) is 14.0 Å². The van der Waals surface area contributed by atoms with Gasteiger partial charge in [0, 0.05) is 24.2 Å². The largest absolute Gasteiger partial charge is 0.341 e. The minimum atomic E-state index is -0.660. The first-order chi connectivity index (χ1) is 15.4. The average Bonchev–Trinajstić information content (AvgIpc) is 3.29. The third kappa shape index (κ3) is 4.85. The molecule has 1 aromatic heterocycles. The van der Waals surface area contributed by atoms with Crippen LogP contribution in [0, 0.1) is 12.7 Å². The molecular formula is C24H25FN4O3. The van der Waals surface area contributed by atoms with Crippen LogP contribution in [0.2, 0.25) is 0 Å². The molecular weight excluding hydrogens is 411 g/mol. The smallest absolute Gasteiger partial charge is 0.251 e. The molecule has 1 N–H and O–H groups in total. The molecule has 32 heavy (non-hydrogen) atoms. The number of amides is 2. The summed E-state index contributed by atoms with van der Waals surface area (Å²) >= 11 is 0. The van der Waals surface area contributed by atoms with Crippen LogP contribution < -0.4 is 5.32 Å². The zero-order valence-electron chi connectivity index (χ0n) is 18.0. The van der Waals surface area contributed by atoms with Gasteiger partial charge in [-0.2, -0.15) is 4.98 Å². The number of rotatable bonds is 5. The van der Waals surface area contributed by atoms with Gasteiger partial charge in [-0.1, -0.05) is 35.0 Å². The van der Waals surface area contributed by atoms with Gasteiger partial charge in [0.05, 0.1) is 5.92 Å². The lowest BCUT2D eigenvalue weighted by Gasteiger charge is -2.33. The molecule has 2 aromatic carbocycles. The highest BCUT2D eigenvalue weighted by Crippen LogP contribution is 2.28. The Bertz CT molecular complexity index is 1130. The van der Waals surface area contributed by atoms with Crippen molar-refractivity contribution in [1.29, 1.82) is 0 Å². The fourth-order valence-corrected chi connectivity index (χ4v) is 3.93. The predicted octanol–water partition coefficient (Wildman–Crippen LogP) is 3.71. The first-order valence-corrected chi connectivity index (χ1v) is 10.7. The number of hydrogen-bond donors (Lipinski definition) is 1. The summed E-state index contributed by atoms with van der Waals surface area (Å²) in [6.45, 7) is 4.63. The Balaban J connectivity index is 1.40. The van der Waals surface area contributed by atoms with Crippen molar-refractivity contribution >= 4 is 11.8 Å². The topological polar surface area (TPSA) is 88.3 Å². The summed E-state index contributed by atoms with van der Waals surface area (Å²) in [7, 11) is 0. The maximum Gasteiger partial charge on any atom is 0.251 e. The Hall–Kier alpha value is -3.55. The number of hydrogen-bond acceptors (Lipinski definition) is 5. The minimum Gasteiger partial charge on any atom is -0.341 e. The van der Waals surface area contributed by atoms with Crippen LogP contribution in [0.4, 0.5) is 4.39 Å². The van der Waals surface area contributed by atoms with E-state index in [4.69, 9.17) is 4.52 Å². The van der Waals surface area contributed by atoms with Crippen molar-refractivity contribution in [1.82, 2.24) is 20.4 Å². The zero-order valence-corrected chi connectivity index (χ0v) is 18.0. The molecule has 7 nitrogen and oxygen atoms in total. The highest BCUT2D eigenvalue weighted by Gasteiger charge is 2.31. The number of carbonyl (C=O) groups excluding carboxylic acids is 2. The van der Waals surface area contributed by atoms with Crippen LogP contribution in [0.3, 0.4) is 0 Å². The second-order valence-corrected chi connectivity index (χ2v) is 8.15. The molecule has 1 aliphatic heterocycles. The fourth-order valence-electron chi connectivity index (χ4n) is 3.93. The first-order valence-electron chi connectivity index (χ1n) is 10.7. The summed E-state index contributed by atoms with van der Waals surface area (Å²) in [6, 6.07) is 12.6. The van der Waals surface area contributed by atoms with Crippen molar-refractivity contribution < 1.29 is 18.5 Å². The van der Waals surface area contributed by atoms with E-state index < -0.39 is 6.04 Å². The van der Waals surface area contributed by atoms with Crippen molar-refractivity contribution in [2.75, 3.05) is 13.1 Å². The number of halogens is 1. The summed E-state index contributed by atoms with van der Waals surface area (Å²) in [5, 5.41) is 6.76. The molecule has 0 radical (unpaired) electrons. The van der Waals surface area contributed by atoms with E-state index in [-0.39, 0.29) is 23.5 Å². The molecule has 2 amide bonds. The Morgan fingerprint density at radius 2 is 2.03 bits per heavy atom. The molecule has 2 unspecified atom stereocenters. The quantitative estimate of drug-likeness (QED) is 0.659. The number of carbonyl (C=O) groups is 2. The monoisotopic (exact) mass is 436 g/mol. The average molecular weight is 436 g/mol. The van der Waals surface area contributed by atoms with Gasteiger partial charge >= 0.3 is 0 Å². The molecule has 0 saturated carbocycles. The molecule has 4 rings (SSSR count). The Morgan fingerprint density at radius 3 is 2.81 bits per heavy atom. The Morgan fingerprint density at radius 1 is 1.22 bits per heavy atom. The van der Waals surface area contributed by atoms with E-state index in [2.05, 4.69) is 15.5 Å². The van der Waals surface area contributed by atoms with Crippen molar-refractivity contribution in [3.8, 4) is 11.4 Å². The lowest BCUT2D eigenvalue weighted by atomic mass is 9.97. The zero-order chi connectivity index (χ0) is 22.7. The standard InChI is InChI=1S/C24H25FN4O3/c1-15-6-3-8-18(12-15)22(30)26-16(2)24(31)29-11-5-9-19(14-29)23-27-21(28-32-23)17-7-4-10-20(25)13-17/h3-4,6-8,10,12-13,16,19H,5,9,11,14H2,1-2H3,(H,26,30). The van der Waals surface area contributed by atoms with Crippen LogP contribution in [0.15, 0.2) is 53.1 Å². The van der Waals surface area contributed by atoms with Crippen LogP contribution in [0.5, 0.6) is 0 Å². The molecule has 0 bridgehead atoms. The van der Waals surface area contributed by atoms with Gasteiger partial charge in [-0.05, 0) is 51.0 Å². The molecule has 2 heterocycles. The van der Waals surface area contributed by atoms with Crippen LogP contribution in [0.25, 0.3) is 11.4 Å². The van der Waals surface area contributed by atoms with Gasteiger partial charge in [0.1, 0.15) is 11.9 Å². The summed E-state index contributed by atoms with van der Waals surface area (Å²) in [6.07, 6.45) is 1.59. The van der Waals surface area contributed by atoms with E-state index in [1.165, 1.54) is 12.1 Å². The number of piperidine rings is 1. The van der Waals surface area contributed by atoms with Gasteiger partial charge in [-0.25, -0.2) is 4.39 Å². The van der Waals surface area contributed by atoms with Gasteiger partial charge in [0.15, 0.2) is 0 Å². The number of likely N-dealkylation sites (tertiary alicyclic amines) is 1. The number of aryl methyl sites for hydroxylation is 1. The highest BCUT2D eigenvalue weighted by molar-refractivity contribution is 5.97. The molecule has 8 heteroatoms. The van der Waals surface area contributed by atoms with Crippen molar-refractivity contribution in [2.24, 2.45) is 0 Å². The third-order valence-electron chi connectivity index (χ3n) is 5.61. The van der Waals surface area contributed by atoms with Crippen LogP contribution in [0.1, 0.15) is 47.5 Å². The number of aromatic nitrogens is 2. The van der Waals surface area contributed by atoms with E-state index >= 15 is 0 Å². The SMILES string of the molecule is Cc1cccc(C(=O)NC(C)C(=O)N2CCCC(c3nc(-c4cccc(F)c4)no3)C2)c1. The molecule has 1 aliphatic rings. The number of nitrogens with one attached hydrogen (secondary N) is 1. The van der Waals surface area contributed by atoms with Gasteiger partial charge in [-0.15, -0.1) is 0 Å². The predicted molar refractivity (Wildman–Crippen MR) is 116 cm³/mol. The van der Waals surface area contributed by atoms with Crippen LogP contribution in [-0.2, 0) is 4.79 Å². The van der Waals surface area contributed by atoms with E-state index in [0.29, 0.717) is 35.9 Å². The Labute approximate surface area is 185 Å². The maximum atomic E-state index is 13.5. The summed E-state index contributed by atoms with van der Waals surface area (Å²) < 4.78 is 18.9. The Kier molecular flexibility index (Phi) is 6.30. The molecule has 2 atom stereocenters. The lowest BCUT2D eigenvalue weighted by Crippen LogP contribution is -2.49. The second kappa shape index (κ2) is 9.30. The highest BCUT2D eigenvalue weighted by atomic mass is 19.1. The molecule has 3 aromatic rings. The summed E-state index contributed by atoms with van der Waals surface area (Å²) in [5.41, 5.74) is 2.04. The first kappa shape index (κ1) is 21.7. The van der Waals surface area contributed by atoms with Gasteiger partial charge in [-0.3, -0.25) is 9.59 Å². The van der Waals surface area contributed by atoms with Crippen LogP contribution in [-0.4, -0.2) is 46.0 Å². The molecule has 0 spiro atoms. The van der Waals surface area contributed by atoms with E-state index in [1.54, 1.807) is 36.1 Å². The lowest BCUT2D eigenvalue weighted by molar-refractivity contribution is -0.134. The van der Waals surface area contributed by atoms with Crippen LogP contribution >= 0.6 is 0 Å². The van der Waals surface area contributed by atoms with Gasteiger partial charge in [0.2, 0.25) is 17.6 Å². The maximum absolute atomic E-state index is 13.5. The summed E-state index contributed by atoms with van der Waals surface area (Å²) in [4.78, 5) is 31.6. The number of nitrogens with zero attached hydrogens (tertiary/aromatic N) is 3. The molecule has 0 aliphatic carbocycles. The van der Waals surface area contributed by atoms with Crippen molar-refractivity contribution in [2.45, 2.75) is 38.6 Å². The van der Waals surface area contributed by atoms with Crippen molar-refractivity contribution in [3.63, 3.8) is 0 Å². The fraction of sp³-hybridized carbons (Fsp3) is 0.333. The van der Waals surface area contributed by atoms with Crippen molar-refractivity contribution in [3.05, 3.63) is 71.4 Å². The second-order valence-electron chi connectivity index (χ2n) is 8.15. The molecule has 1 saturated heterocycles. The third-order valence-corrected chi connectivity index (χ3v) is 5.61. The number of benzene rings is 2. The van der Waals surface area contributed by atoms with Gasteiger partial charge in [0.25, 0.3) is 5.91 Å². The van der Waals surface area contributed by atoms with Gasteiger partial charge < -0.3 is 14.7 Å². The van der Waals surface area contributed by atoms with E-state index in [0.717, 1.165) is 18.4 Å².